The van der Waals surface area contributed by atoms with Crippen molar-refractivity contribution in [2.24, 2.45) is 17.8 Å². The van der Waals surface area contributed by atoms with Crippen molar-refractivity contribution in [1.82, 2.24) is 25.0 Å². The zero-order valence-electron chi connectivity index (χ0n) is 19.4. The van der Waals surface area contributed by atoms with Gasteiger partial charge >= 0.3 is 0 Å². The largest absolute Gasteiger partial charge is 0.395 e. The summed E-state index contributed by atoms with van der Waals surface area (Å²) in [7, 11) is 0. The molecule has 11 nitrogen and oxygen atoms in total. The van der Waals surface area contributed by atoms with E-state index in [9.17, 15) is 20.1 Å². The van der Waals surface area contributed by atoms with Crippen molar-refractivity contribution < 1.29 is 24.6 Å². The molecular weight excluding hydrogens is 452 g/mol. The fourth-order valence-electron chi connectivity index (χ4n) is 6.84. The van der Waals surface area contributed by atoms with Gasteiger partial charge in [0.15, 0.2) is 0 Å². The van der Waals surface area contributed by atoms with Crippen LogP contribution in [0, 0.1) is 17.8 Å². The average Bonchev–Trinajstić information content (AvgIpc) is 3.52. The second-order valence-electron chi connectivity index (χ2n) is 10.3. The van der Waals surface area contributed by atoms with E-state index in [4.69, 9.17) is 4.52 Å². The van der Waals surface area contributed by atoms with Crippen LogP contribution in [0.5, 0.6) is 0 Å². The molecule has 0 radical (unpaired) electrons. The van der Waals surface area contributed by atoms with Crippen LogP contribution in [0.3, 0.4) is 0 Å². The van der Waals surface area contributed by atoms with Crippen LogP contribution in [-0.4, -0.2) is 84.2 Å². The van der Waals surface area contributed by atoms with Crippen molar-refractivity contribution in [2.45, 2.75) is 43.7 Å². The van der Waals surface area contributed by atoms with E-state index < -0.39 is 5.91 Å². The van der Waals surface area contributed by atoms with Crippen molar-refractivity contribution in [1.29, 1.82) is 0 Å². The van der Waals surface area contributed by atoms with E-state index in [2.05, 4.69) is 25.4 Å². The maximum absolute atomic E-state index is 12.8. The number of fused-ring (bicyclic) bond motifs is 1. The highest BCUT2D eigenvalue weighted by Gasteiger charge is 2.55. The van der Waals surface area contributed by atoms with Gasteiger partial charge in [-0.1, -0.05) is 5.16 Å². The van der Waals surface area contributed by atoms with Crippen molar-refractivity contribution in [3.63, 3.8) is 0 Å². The maximum Gasteiger partial charge on any atom is 0.295 e. The molecule has 4 bridgehead atoms. The topological polar surface area (TPSA) is 161 Å². The van der Waals surface area contributed by atoms with Crippen LogP contribution in [0.2, 0.25) is 0 Å². The van der Waals surface area contributed by atoms with E-state index in [0.717, 1.165) is 48.8 Å². The first-order chi connectivity index (χ1) is 17.0. The first-order valence-electron chi connectivity index (χ1n) is 12.3. The zero-order valence-corrected chi connectivity index (χ0v) is 19.4. The van der Waals surface area contributed by atoms with Gasteiger partial charge in [0.05, 0.1) is 30.6 Å². The molecule has 0 aromatic carbocycles. The molecule has 4 fully saturated rings. The number of aliphatic hydroxyl groups excluding tert-OH is 3. The van der Waals surface area contributed by atoms with E-state index in [1.807, 2.05) is 12.3 Å². The summed E-state index contributed by atoms with van der Waals surface area (Å²) >= 11 is 0. The molecule has 11 heteroatoms. The Morgan fingerprint density at radius 2 is 1.94 bits per heavy atom. The SMILES string of the molecule is O=C(c1noc(-c2cnc3[nH]ccc3c2N[C@@]23CC4C[C@H](C2)C(O)[C@@H](C4)C3)n1)N(CCO)CCO. The molecule has 3 heterocycles. The summed E-state index contributed by atoms with van der Waals surface area (Å²) in [5, 5.41) is 37.8. The number of nitrogens with zero attached hydrogens (tertiary/aromatic N) is 4. The minimum absolute atomic E-state index is 0.0603. The highest BCUT2D eigenvalue weighted by atomic mass is 16.5. The number of amides is 1. The number of anilines is 1. The normalized spacial score (nSPS) is 29.1. The van der Waals surface area contributed by atoms with E-state index in [1.54, 1.807) is 6.20 Å². The zero-order chi connectivity index (χ0) is 24.2. The lowest BCUT2D eigenvalue weighted by Crippen LogP contribution is -2.60. The molecule has 4 aliphatic rings. The molecule has 7 rings (SSSR count). The van der Waals surface area contributed by atoms with Gasteiger partial charge < -0.3 is 35.0 Å². The Balaban J connectivity index is 1.35. The molecule has 35 heavy (non-hydrogen) atoms. The number of aromatic nitrogens is 4. The smallest absolute Gasteiger partial charge is 0.295 e. The average molecular weight is 483 g/mol. The summed E-state index contributed by atoms with van der Waals surface area (Å²) in [6, 6.07) is 1.95. The third-order valence-corrected chi connectivity index (χ3v) is 8.07. The molecule has 0 aliphatic heterocycles. The molecule has 4 saturated carbocycles. The van der Waals surface area contributed by atoms with E-state index in [1.165, 1.54) is 4.90 Å². The number of rotatable bonds is 8. The Morgan fingerprint density at radius 3 is 2.66 bits per heavy atom. The lowest BCUT2D eigenvalue weighted by Gasteiger charge is -2.59. The van der Waals surface area contributed by atoms with Gasteiger partial charge in [0.25, 0.3) is 17.6 Å². The van der Waals surface area contributed by atoms with Gasteiger partial charge in [-0.15, -0.1) is 0 Å². The second-order valence-corrected chi connectivity index (χ2v) is 10.3. The molecule has 3 aromatic rings. The van der Waals surface area contributed by atoms with Crippen molar-refractivity contribution >= 4 is 22.6 Å². The highest BCUT2D eigenvalue weighted by molar-refractivity contribution is 5.97. The summed E-state index contributed by atoms with van der Waals surface area (Å²) in [6.07, 6.45) is 8.37. The van der Waals surface area contributed by atoms with E-state index in [-0.39, 0.29) is 49.7 Å². The first kappa shape index (κ1) is 22.4. The van der Waals surface area contributed by atoms with Gasteiger partial charge in [-0.2, -0.15) is 4.98 Å². The lowest BCUT2D eigenvalue weighted by molar-refractivity contribution is -0.0960. The van der Waals surface area contributed by atoms with Crippen LogP contribution in [0.1, 0.15) is 42.7 Å². The van der Waals surface area contributed by atoms with Crippen LogP contribution in [-0.2, 0) is 0 Å². The number of carbonyl (C=O) groups is 1. The number of pyridine rings is 1. The predicted octanol–water partition coefficient (Wildman–Crippen LogP) is 1.39. The Labute approximate surface area is 201 Å². The van der Waals surface area contributed by atoms with Crippen LogP contribution in [0.4, 0.5) is 5.69 Å². The quantitative estimate of drug-likeness (QED) is 0.319. The molecule has 1 amide bonds. The molecule has 0 spiro atoms. The number of carbonyl (C=O) groups excluding carboxylic acids is 1. The van der Waals surface area contributed by atoms with Crippen molar-refractivity contribution in [2.75, 3.05) is 31.6 Å². The minimum Gasteiger partial charge on any atom is -0.395 e. The van der Waals surface area contributed by atoms with Crippen LogP contribution < -0.4 is 5.32 Å². The number of nitrogens with one attached hydrogen (secondary N) is 2. The summed E-state index contributed by atoms with van der Waals surface area (Å²) < 4.78 is 5.52. The van der Waals surface area contributed by atoms with E-state index >= 15 is 0 Å². The fraction of sp³-hybridized carbons (Fsp3) is 0.583. The number of H-pyrrole nitrogens is 1. The fourth-order valence-corrected chi connectivity index (χ4v) is 6.84. The highest BCUT2D eigenvalue weighted by Crippen LogP contribution is 2.57. The van der Waals surface area contributed by atoms with Gasteiger partial charge in [-0.05, 0) is 55.9 Å². The molecule has 0 saturated heterocycles. The van der Waals surface area contributed by atoms with Gasteiger partial charge in [0.1, 0.15) is 5.65 Å². The van der Waals surface area contributed by atoms with Crippen molar-refractivity contribution in [3.8, 4) is 11.5 Å². The summed E-state index contributed by atoms with van der Waals surface area (Å²) in [4.78, 5) is 26.1. The molecule has 5 N–H and O–H groups in total. The number of hydrogen-bond acceptors (Lipinski definition) is 9. The summed E-state index contributed by atoms with van der Waals surface area (Å²) in [5.74, 6) is 0.759. The van der Waals surface area contributed by atoms with Crippen molar-refractivity contribution in [3.05, 3.63) is 24.3 Å². The van der Waals surface area contributed by atoms with Gasteiger partial charge in [-0.3, -0.25) is 4.79 Å². The third kappa shape index (κ3) is 3.78. The first-order valence-corrected chi connectivity index (χ1v) is 12.3. The van der Waals surface area contributed by atoms with Crippen LogP contribution >= 0.6 is 0 Å². The van der Waals surface area contributed by atoms with Crippen LogP contribution in [0.25, 0.3) is 22.5 Å². The third-order valence-electron chi connectivity index (χ3n) is 8.07. The van der Waals surface area contributed by atoms with Gasteiger partial charge in [-0.25, -0.2) is 4.98 Å². The number of aliphatic hydroxyl groups is 3. The summed E-state index contributed by atoms with van der Waals surface area (Å²) in [6.45, 7) is -0.355. The Morgan fingerprint density at radius 1 is 1.20 bits per heavy atom. The second kappa shape index (κ2) is 8.58. The molecule has 5 atom stereocenters. The molecule has 186 valence electrons. The predicted molar refractivity (Wildman–Crippen MR) is 125 cm³/mol. The standard InChI is InChI=1S/C24H30N6O5/c31-5-3-30(4-6-32)23(34)21-27-22(35-29-21)17-12-26-20-16(1-2-25-20)18(17)28-24-9-13-7-14(10-24)19(33)15(8-13)11-24/h1-2,12-15,19,31-33H,3-11H2,(H2,25,26,28)/t13?,14-,15+,19?,24+. The monoisotopic (exact) mass is 482 g/mol. The number of aromatic amines is 1. The Hall–Kier alpha value is -3.02. The Kier molecular flexibility index (Phi) is 5.50. The summed E-state index contributed by atoms with van der Waals surface area (Å²) in [5.41, 5.74) is 2.05. The van der Waals surface area contributed by atoms with Gasteiger partial charge in [0.2, 0.25) is 0 Å². The Bertz CT molecular complexity index is 1220. The number of hydrogen-bond donors (Lipinski definition) is 5. The molecule has 3 aromatic heterocycles. The van der Waals surface area contributed by atoms with E-state index in [0.29, 0.717) is 23.3 Å². The maximum atomic E-state index is 12.8. The molecular formula is C24H30N6O5. The van der Waals surface area contributed by atoms with Gasteiger partial charge in [0, 0.05) is 36.4 Å². The lowest BCUT2D eigenvalue weighted by atomic mass is 9.51. The molecule has 2 unspecified atom stereocenters. The van der Waals surface area contributed by atoms with Crippen LogP contribution in [0.15, 0.2) is 23.0 Å². The minimum atomic E-state index is -0.525. The molecule has 4 aliphatic carbocycles.